The zero-order chi connectivity index (χ0) is 9.60. The van der Waals surface area contributed by atoms with Crippen LogP contribution in [0, 0.1) is 11.3 Å². The normalized spacial score (nSPS) is 22.5. The molecule has 0 unspecified atom stereocenters. The van der Waals surface area contributed by atoms with Crippen LogP contribution in [0.1, 0.15) is 41.7 Å². The molecule has 0 amide bonds. The van der Waals surface area contributed by atoms with Gasteiger partial charge in [-0.15, -0.1) is 11.3 Å². The van der Waals surface area contributed by atoms with Gasteiger partial charge in [0, 0.05) is 4.88 Å². The quantitative estimate of drug-likeness (QED) is 0.687. The molecule has 0 atom stereocenters. The second-order valence-corrected chi connectivity index (χ2v) is 5.42. The molecule has 1 heterocycles. The van der Waals surface area contributed by atoms with Crippen LogP contribution in [0.25, 0.3) is 0 Å². The average molecular weight is 203 g/mol. The van der Waals surface area contributed by atoms with Crippen molar-refractivity contribution in [2.75, 3.05) is 0 Å². The van der Waals surface area contributed by atoms with E-state index >= 15 is 0 Å². The minimum absolute atomic E-state index is 0.0541. The Morgan fingerprint density at radius 3 is 2.79 bits per heavy atom. The number of hydrogen-bond acceptors (Lipinski definition) is 2. The van der Waals surface area contributed by atoms with Crippen molar-refractivity contribution < 1.29 is 0 Å². The highest BCUT2D eigenvalue weighted by molar-refractivity contribution is 7.10. The summed E-state index contributed by atoms with van der Waals surface area (Å²) < 4.78 is 0. The summed E-state index contributed by atoms with van der Waals surface area (Å²) in [5, 5.41) is 11.4. The van der Waals surface area contributed by atoms with Gasteiger partial charge in [0.05, 0.1) is 11.5 Å². The largest absolute Gasteiger partial charge is 0.197 e. The van der Waals surface area contributed by atoms with Crippen molar-refractivity contribution in [2.45, 2.75) is 43.9 Å². The fraction of sp³-hybridized carbons (Fsp3) is 0.583. The second-order valence-electron chi connectivity index (χ2n) is 4.45. The Labute approximate surface area is 88.4 Å². The molecule has 1 aromatic rings. The smallest absolute Gasteiger partial charge is 0.0834 e. The highest BCUT2D eigenvalue weighted by atomic mass is 32.1. The maximum atomic E-state index is 9.18. The number of fused-ring (bicyclic) bond motifs is 1. The van der Waals surface area contributed by atoms with E-state index in [2.05, 4.69) is 11.4 Å². The van der Waals surface area contributed by atoms with Gasteiger partial charge in [-0.25, -0.2) is 0 Å². The van der Waals surface area contributed by atoms with Gasteiger partial charge in [-0.3, -0.25) is 0 Å². The summed E-state index contributed by atoms with van der Waals surface area (Å²) in [5.74, 6) is 0. The first-order valence-electron chi connectivity index (χ1n) is 5.37. The van der Waals surface area contributed by atoms with E-state index in [1.165, 1.54) is 31.2 Å². The molecule has 72 valence electrons. The van der Waals surface area contributed by atoms with Gasteiger partial charge in [-0.2, -0.15) is 5.26 Å². The van der Waals surface area contributed by atoms with Gasteiger partial charge in [0.1, 0.15) is 0 Å². The molecule has 0 radical (unpaired) electrons. The van der Waals surface area contributed by atoms with Gasteiger partial charge in [0.2, 0.25) is 0 Å². The Kier molecular flexibility index (Phi) is 1.72. The summed E-state index contributed by atoms with van der Waals surface area (Å²) in [6.07, 6.45) is 7.31. The van der Waals surface area contributed by atoms with Crippen molar-refractivity contribution in [3.8, 4) is 6.07 Å². The third-order valence-electron chi connectivity index (χ3n) is 3.54. The van der Waals surface area contributed by atoms with Gasteiger partial charge in [0.25, 0.3) is 0 Å². The standard InChI is InChI=1S/C12H13NS/c13-8-12(5-6-12)10-7-14-11-4-2-1-3-9(10)11/h7H,1-6H2. The topological polar surface area (TPSA) is 23.8 Å². The highest BCUT2D eigenvalue weighted by Gasteiger charge is 2.47. The van der Waals surface area contributed by atoms with Gasteiger partial charge in [0.15, 0.2) is 0 Å². The third-order valence-corrected chi connectivity index (χ3v) is 4.63. The molecule has 0 aliphatic heterocycles. The van der Waals surface area contributed by atoms with E-state index in [0.29, 0.717) is 0 Å². The molecule has 2 aliphatic rings. The van der Waals surface area contributed by atoms with Crippen LogP contribution in [0.3, 0.4) is 0 Å². The lowest BCUT2D eigenvalue weighted by Gasteiger charge is -2.14. The van der Waals surface area contributed by atoms with Crippen LogP contribution in [-0.2, 0) is 18.3 Å². The van der Waals surface area contributed by atoms with Gasteiger partial charge >= 0.3 is 0 Å². The fourth-order valence-corrected chi connectivity index (χ4v) is 3.71. The first-order chi connectivity index (χ1) is 6.86. The maximum absolute atomic E-state index is 9.18. The summed E-state index contributed by atoms with van der Waals surface area (Å²) in [7, 11) is 0. The minimum Gasteiger partial charge on any atom is -0.197 e. The van der Waals surface area contributed by atoms with Crippen molar-refractivity contribution in [3.05, 3.63) is 21.4 Å². The summed E-state index contributed by atoms with van der Waals surface area (Å²) in [5.41, 5.74) is 2.88. The van der Waals surface area contributed by atoms with E-state index in [1.807, 2.05) is 11.3 Å². The lowest BCUT2D eigenvalue weighted by molar-refractivity contribution is 0.685. The molecule has 3 rings (SSSR count). The first kappa shape index (κ1) is 8.49. The molecule has 2 aliphatic carbocycles. The van der Waals surface area contributed by atoms with E-state index in [0.717, 1.165) is 12.8 Å². The van der Waals surface area contributed by atoms with Gasteiger partial charge < -0.3 is 0 Å². The lowest BCUT2D eigenvalue weighted by atomic mass is 9.89. The number of aryl methyl sites for hydroxylation is 1. The molecular formula is C12H13NS. The van der Waals surface area contributed by atoms with Crippen LogP contribution >= 0.6 is 11.3 Å². The minimum atomic E-state index is -0.0541. The molecule has 1 fully saturated rings. The number of thiophene rings is 1. The van der Waals surface area contributed by atoms with Crippen molar-refractivity contribution in [2.24, 2.45) is 0 Å². The summed E-state index contributed by atoms with van der Waals surface area (Å²) in [4.78, 5) is 1.56. The molecule has 1 nitrogen and oxygen atoms in total. The predicted molar refractivity (Wildman–Crippen MR) is 57.5 cm³/mol. The Morgan fingerprint density at radius 1 is 1.29 bits per heavy atom. The Bertz CT molecular complexity index is 406. The van der Waals surface area contributed by atoms with Crippen molar-refractivity contribution >= 4 is 11.3 Å². The SMILES string of the molecule is N#CC1(c2csc3c2CCCC3)CC1. The number of nitriles is 1. The molecule has 0 N–H and O–H groups in total. The van der Waals surface area contributed by atoms with Crippen LogP contribution in [0.5, 0.6) is 0 Å². The first-order valence-corrected chi connectivity index (χ1v) is 6.25. The molecule has 0 bridgehead atoms. The van der Waals surface area contributed by atoms with Crippen LogP contribution in [0.4, 0.5) is 0 Å². The molecule has 0 spiro atoms. The average Bonchev–Trinajstić information content (AvgIpc) is 2.91. The summed E-state index contributed by atoms with van der Waals surface area (Å²) in [6, 6.07) is 2.51. The van der Waals surface area contributed by atoms with Crippen molar-refractivity contribution in [1.82, 2.24) is 0 Å². The molecule has 0 saturated heterocycles. The summed E-state index contributed by atoms with van der Waals surface area (Å²) in [6.45, 7) is 0. The molecule has 14 heavy (non-hydrogen) atoms. The summed E-state index contributed by atoms with van der Waals surface area (Å²) >= 11 is 1.88. The third kappa shape index (κ3) is 1.05. The molecule has 0 aromatic carbocycles. The van der Waals surface area contributed by atoms with E-state index in [9.17, 15) is 5.26 Å². The van der Waals surface area contributed by atoms with Gasteiger partial charge in [-0.1, -0.05) is 0 Å². The second kappa shape index (κ2) is 2.84. The Morgan fingerprint density at radius 2 is 2.07 bits per heavy atom. The zero-order valence-corrected chi connectivity index (χ0v) is 8.99. The highest BCUT2D eigenvalue weighted by Crippen LogP contribution is 2.51. The molecule has 2 heteroatoms. The van der Waals surface area contributed by atoms with E-state index in [-0.39, 0.29) is 5.41 Å². The fourth-order valence-electron chi connectivity index (χ4n) is 2.46. The van der Waals surface area contributed by atoms with Crippen LogP contribution in [-0.4, -0.2) is 0 Å². The van der Waals surface area contributed by atoms with Crippen molar-refractivity contribution in [3.63, 3.8) is 0 Å². The predicted octanol–water partition coefficient (Wildman–Crippen LogP) is 3.18. The van der Waals surface area contributed by atoms with E-state index < -0.39 is 0 Å². The number of rotatable bonds is 1. The maximum Gasteiger partial charge on any atom is 0.0834 e. The Hall–Kier alpha value is -0.810. The van der Waals surface area contributed by atoms with Gasteiger partial charge in [-0.05, 0) is 55.0 Å². The van der Waals surface area contributed by atoms with E-state index in [1.54, 1.807) is 10.4 Å². The number of hydrogen-bond donors (Lipinski definition) is 0. The molecule has 1 saturated carbocycles. The zero-order valence-electron chi connectivity index (χ0n) is 8.18. The Balaban J connectivity index is 2.07. The molecular weight excluding hydrogens is 190 g/mol. The van der Waals surface area contributed by atoms with Crippen molar-refractivity contribution in [1.29, 1.82) is 5.26 Å². The lowest BCUT2D eigenvalue weighted by Crippen LogP contribution is -2.08. The number of nitrogens with zero attached hydrogens (tertiary/aromatic N) is 1. The van der Waals surface area contributed by atoms with Crippen LogP contribution < -0.4 is 0 Å². The molecule has 1 aromatic heterocycles. The van der Waals surface area contributed by atoms with Crippen LogP contribution in [0.2, 0.25) is 0 Å². The van der Waals surface area contributed by atoms with E-state index in [4.69, 9.17) is 0 Å². The van der Waals surface area contributed by atoms with Crippen LogP contribution in [0.15, 0.2) is 5.38 Å². The monoisotopic (exact) mass is 203 g/mol.